The van der Waals surface area contributed by atoms with Gasteiger partial charge in [0.1, 0.15) is 6.04 Å². The molecular formula is C18H25N3O3. The number of carbonyl (C=O) groups excluding carboxylic acids is 3. The van der Waals surface area contributed by atoms with Gasteiger partial charge in [0.05, 0.1) is 0 Å². The topological polar surface area (TPSA) is 92.5 Å². The van der Waals surface area contributed by atoms with Gasteiger partial charge in [-0.1, -0.05) is 43.2 Å². The Hall–Kier alpha value is -2.37. The zero-order valence-electron chi connectivity index (χ0n) is 14.0. The molecule has 2 rings (SSSR count). The maximum Gasteiger partial charge on any atom is 0.312 e. The summed E-state index contributed by atoms with van der Waals surface area (Å²) in [6.07, 6.45) is 4.04. The number of hydrogen-bond donors (Lipinski definition) is 2. The van der Waals surface area contributed by atoms with Crippen molar-refractivity contribution in [2.24, 2.45) is 5.73 Å². The second-order valence-electron chi connectivity index (χ2n) is 6.26. The number of amides is 3. The maximum atomic E-state index is 12.7. The molecule has 1 saturated heterocycles. The minimum atomic E-state index is -0.720. The van der Waals surface area contributed by atoms with Gasteiger partial charge in [0.2, 0.25) is 5.91 Å². The highest BCUT2D eigenvalue weighted by Crippen LogP contribution is 2.22. The highest BCUT2D eigenvalue weighted by molar-refractivity contribution is 5.96. The van der Waals surface area contributed by atoms with Crippen LogP contribution in [0.1, 0.15) is 49.4 Å². The third-order valence-electron chi connectivity index (χ3n) is 4.41. The number of nitrogens with one attached hydrogen (secondary N) is 1. The van der Waals surface area contributed by atoms with Crippen LogP contribution in [0, 0.1) is 0 Å². The molecular weight excluding hydrogens is 306 g/mol. The molecule has 0 spiro atoms. The lowest BCUT2D eigenvalue weighted by Gasteiger charge is -2.32. The number of ketones is 1. The fourth-order valence-electron chi connectivity index (χ4n) is 3.16. The lowest BCUT2D eigenvalue weighted by atomic mass is 9.99. The summed E-state index contributed by atoms with van der Waals surface area (Å²) < 4.78 is 0. The molecule has 1 heterocycles. The van der Waals surface area contributed by atoms with Gasteiger partial charge >= 0.3 is 6.03 Å². The summed E-state index contributed by atoms with van der Waals surface area (Å²) in [6, 6.07) is 7.59. The zero-order valence-corrected chi connectivity index (χ0v) is 14.0. The van der Waals surface area contributed by atoms with E-state index in [-0.39, 0.29) is 17.7 Å². The van der Waals surface area contributed by atoms with Crippen molar-refractivity contribution in [3.8, 4) is 0 Å². The summed E-state index contributed by atoms with van der Waals surface area (Å²) in [5, 5.41) is 2.43. The minimum Gasteiger partial charge on any atom is -0.352 e. The van der Waals surface area contributed by atoms with Gasteiger partial charge in [-0.05, 0) is 19.8 Å². The van der Waals surface area contributed by atoms with Crippen molar-refractivity contribution < 1.29 is 14.4 Å². The standard InChI is InChI=1S/C18H25N3O3/c1-13(20-18(19)24)17(23)21-11-7-3-6-10-15(21)12-16(22)14-8-4-2-5-9-14/h2,4-5,8-9,13,15H,3,6-7,10-12H2,1H3,(H3,19,20,24)/t13-,15+/m1/s1. The fraction of sp³-hybridized carbons (Fsp3) is 0.500. The SMILES string of the molecule is C[C@@H](NC(N)=O)C(=O)N1CCCCC[C@H]1CC(=O)c1ccccc1. The first kappa shape index (κ1) is 18.0. The van der Waals surface area contributed by atoms with Gasteiger partial charge in [-0.15, -0.1) is 0 Å². The number of primary amides is 1. The lowest BCUT2D eigenvalue weighted by Crippen LogP contribution is -2.52. The van der Waals surface area contributed by atoms with E-state index in [1.54, 1.807) is 24.0 Å². The molecule has 0 unspecified atom stereocenters. The largest absolute Gasteiger partial charge is 0.352 e. The molecule has 0 radical (unpaired) electrons. The second-order valence-corrected chi connectivity index (χ2v) is 6.26. The smallest absolute Gasteiger partial charge is 0.312 e. The summed E-state index contributed by atoms with van der Waals surface area (Å²) in [5.41, 5.74) is 5.77. The van der Waals surface area contributed by atoms with E-state index in [9.17, 15) is 14.4 Å². The molecule has 3 N–H and O–H groups in total. The van der Waals surface area contributed by atoms with E-state index in [1.807, 2.05) is 18.2 Å². The van der Waals surface area contributed by atoms with E-state index >= 15 is 0 Å². The molecule has 2 atom stereocenters. The van der Waals surface area contributed by atoms with Gasteiger partial charge in [0.15, 0.2) is 5.78 Å². The Labute approximate surface area is 142 Å². The Kier molecular flexibility index (Phi) is 6.35. The number of hydrogen-bond acceptors (Lipinski definition) is 3. The number of nitrogens with zero attached hydrogens (tertiary/aromatic N) is 1. The van der Waals surface area contributed by atoms with Crippen LogP contribution in [0.15, 0.2) is 30.3 Å². The Morgan fingerprint density at radius 3 is 2.58 bits per heavy atom. The van der Waals surface area contributed by atoms with Crippen LogP contribution in [-0.4, -0.2) is 41.2 Å². The first-order valence-corrected chi connectivity index (χ1v) is 8.43. The first-order chi connectivity index (χ1) is 11.5. The predicted molar refractivity (Wildman–Crippen MR) is 91.5 cm³/mol. The minimum absolute atomic E-state index is 0.0378. The highest BCUT2D eigenvalue weighted by atomic mass is 16.2. The molecule has 6 nitrogen and oxygen atoms in total. The molecule has 1 aliphatic heterocycles. The average Bonchev–Trinajstić information content (AvgIpc) is 2.79. The summed E-state index contributed by atoms with van der Waals surface area (Å²) in [7, 11) is 0. The van der Waals surface area contributed by atoms with Crippen LogP contribution < -0.4 is 11.1 Å². The van der Waals surface area contributed by atoms with Gasteiger partial charge in [-0.25, -0.2) is 4.79 Å². The van der Waals surface area contributed by atoms with E-state index in [0.29, 0.717) is 18.5 Å². The van der Waals surface area contributed by atoms with E-state index in [0.717, 1.165) is 25.7 Å². The summed E-state index contributed by atoms with van der Waals surface area (Å²) in [6.45, 7) is 2.23. The second kappa shape index (κ2) is 8.47. The molecule has 6 heteroatoms. The van der Waals surface area contributed by atoms with Crippen molar-refractivity contribution in [2.75, 3.05) is 6.54 Å². The van der Waals surface area contributed by atoms with Crippen molar-refractivity contribution >= 4 is 17.7 Å². The molecule has 130 valence electrons. The molecule has 0 bridgehead atoms. The average molecular weight is 331 g/mol. The van der Waals surface area contributed by atoms with Crippen molar-refractivity contribution in [3.05, 3.63) is 35.9 Å². The van der Waals surface area contributed by atoms with E-state index in [4.69, 9.17) is 5.73 Å². The summed E-state index contributed by atoms with van der Waals surface area (Å²) in [5.74, 6) is -0.141. The van der Waals surface area contributed by atoms with Gasteiger partial charge < -0.3 is 16.0 Å². The number of nitrogens with two attached hydrogens (primary N) is 1. The van der Waals surface area contributed by atoms with Crippen molar-refractivity contribution in [1.82, 2.24) is 10.2 Å². The fourth-order valence-corrected chi connectivity index (χ4v) is 3.16. The molecule has 1 aromatic rings. The predicted octanol–water partition coefficient (Wildman–Crippen LogP) is 2.09. The Morgan fingerprint density at radius 2 is 1.92 bits per heavy atom. The van der Waals surface area contributed by atoms with Crippen LogP contribution in [0.3, 0.4) is 0 Å². The van der Waals surface area contributed by atoms with E-state index in [1.165, 1.54) is 0 Å². The van der Waals surface area contributed by atoms with Crippen LogP contribution in [0.5, 0.6) is 0 Å². The van der Waals surface area contributed by atoms with Crippen LogP contribution >= 0.6 is 0 Å². The number of benzene rings is 1. The molecule has 0 aliphatic carbocycles. The Balaban J connectivity index is 2.10. The van der Waals surface area contributed by atoms with Crippen molar-refractivity contribution in [1.29, 1.82) is 0 Å². The summed E-state index contributed by atoms with van der Waals surface area (Å²) in [4.78, 5) is 37.9. The summed E-state index contributed by atoms with van der Waals surface area (Å²) >= 11 is 0. The van der Waals surface area contributed by atoms with Gasteiger partial charge in [0.25, 0.3) is 0 Å². The quantitative estimate of drug-likeness (QED) is 0.809. The number of likely N-dealkylation sites (tertiary alicyclic amines) is 1. The van der Waals surface area contributed by atoms with E-state index in [2.05, 4.69) is 5.32 Å². The normalized spacial score (nSPS) is 19.2. The number of rotatable bonds is 5. The number of carbonyl (C=O) groups is 3. The monoisotopic (exact) mass is 331 g/mol. The van der Waals surface area contributed by atoms with Crippen molar-refractivity contribution in [2.45, 2.75) is 51.1 Å². The molecule has 1 fully saturated rings. The van der Waals surface area contributed by atoms with Crippen LogP contribution in [-0.2, 0) is 4.79 Å². The number of Topliss-reactive ketones (excluding diaryl/α,β-unsaturated/α-hetero) is 1. The molecule has 24 heavy (non-hydrogen) atoms. The Morgan fingerprint density at radius 1 is 1.21 bits per heavy atom. The first-order valence-electron chi connectivity index (χ1n) is 8.43. The molecule has 0 aromatic heterocycles. The van der Waals surface area contributed by atoms with Crippen molar-refractivity contribution in [3.63, 3.8) is 0 Å². The Bertz CT molecular complexity index is 588. The molecule has 1 aromatic carbocycles. The lowest BCUT2D eigenvalue weighted by molar-refractivity contribution is -0.135. The third-order valence-corrected chi connectivity index (χ3v) is 4.41. The highest BCUT2D eigenvalue weighted by Gasteiger charge is 2.30. The number of urea groups is 1. The van der Waals surface area contributed by atoms with E-state index < -0.39 is 12.1 Å². The molecule has 0 saturated carbocycles. The maximum absolute atomic E-state index is 12.7. The van der Waals surface area contributed by atoms with Gasteiger partial charge in [0, 0.05) is 24.6 Å². The third kappa shape index (κ3) is 4.81. The van der Waals surface area contributed by atoms with Gasteiger partial charge in [-0.2, -0.15) is 0 Å². The van der Waals surface area contributed by atoms with Gasteiger partial charge in [-0.3, -0.25) is 9.59 Å². The molecule has 1 aliphatic rings. The van der Waals surface area contributed by atoms with Crippen LogP contribution in [0.2, 0.25) is 0 Å². The van der Waals surface area contributed by atoms with Crippen LogP contribution in [0.25, 0.3) is 0 Å². The van der Waals surface area contributed by atoms with Crippen LogP contribution in [0.4, 0.5) is 4.79 Å². The molecule has 3 amide bonds. The zero-order chi connectivity index (χ0) is 17.5.